The average Bonchev–Trinajstić information content (AvgIpc) is 3.24. The summed E-state index contributed by atoms with van der Waals surface area (Å²) in [6.45, 7) is 2.12. The zero-order valence-corrected chi connectivity index (χ0v) is 15.9. The van der Waals surface area contributed by atoms with Gasteiger partial charge in [0.05, 0.1) is 11.8 Å². The normalized spacial score (nSPS) is 13.4. The van der Waals surface area contributed by atoms with E-state index in [1.54, 1.807) is 11.6 Å². The number of ether oxygens (including phenoxy) is 2. The predicted molar refractivity (Wildman–Crippen MR) is 98.4 cm³/mol. The maximum atomic E-state index is 12.3. The van der Waals surface area contributed by atoms with Crippen molar-refractivity contribution in [3.63, 3.8) is 0 Å². The van der Waals surface area contributed by atoms with Gasteiger partial charge in [0.2, 0.25) is 18.6 Å². The number of nitrogens with one attached hydrogen (secondary N) is 1. The average molecular weight is 391 g/mol. The summed E-state index contributed by atoms with van der Waals surface area (Å²) in [5, 5.41) is 11.7. The van der Waals surface area contributed by atoms with Crippen molar-refractivity contribution in [3.8, 4) is 11.5 Å². The van der Waals surface area contributed by atoms with E-state index in [0.29, 0.717) is 28.9 Å². The Labute approximate surface area is 160 Å². The van der Waals surface area contributed by atoms with Gasteiger partial charge in [-0.15, -0.1) is 10.2 Å². The fourth-order valence-corrected chi connectivity index (χ4v) is 3.34. The van der Waals surface area contributed by atoms with Crippen molar-refractivity contribution in [2.45, 2.75) is 31.0 Å². The van der Waals surface area contributed by atoms with Crippen LogP contribution in [0.4, 0.5) is 0 Å². The summed E-state index contributed by atoms with van der Waals surface area (Å²) in [4.78, 5) is 23.1. The van der Waals surface area contributed by atoms with E-state index in [1.807, 2.05) is 25.1 Å². The molecular weight excluding hydrogens is 370 g/mol. The summed E-state index contributed by atoms with van der Waals surface area (Å²) in [7, 11) is 1.80. The van der Waals surface area contributed by atoms with Crippen LogP contribution in [-0.2, 0) is 23.1 Å². The monoisotopic (exact) mass is 391 g/mol. The van der Waals surface area contributed by atoms with Crippen molar-refractivity contribution >= 4 is 23.6 Å². The molecule has 0 spiro atoms. The number of hydrogen-bond acceptors (Lipinski definition) is 7. The number of amides is 2. The first-order valence-electron chi connectivity index (χ1n) is 8.42. The maximum Gasteiger partial charge on any atom is 0.231 e. The van der Waals surface area contributed by atoms with Crippen molar-refractivity contribution in [1.29, 1.82) is 0 Å². The van der Waals surface area contributed by atoms with E-state index >= 15 is 0 Å². The van der Waals surface area contributed by atoms with Crippen LogP contribution in [0.3, 0.4) is 0 Å². The number of carbonyl (C=O) groups is 2. The lowest BCUT2D eigenvalue weighted by Gasteiger charge is -2.14. The first kappa shape index (κ1) is 19.0. The highest BCUT2D eigenvalue weighted by Gasteiger charge is 2.18. The van der Waals surface area contributed by atoms with Gasteiger partial charge < -0.3 is 25.1 Å². The zero-order chi connectivity index (χ0) is 19.4. The minimum Gasteiger partial charge on any atom is -0.454 e. The summed E-state index contributed by atoms with van der Waals surface area (Å²) in [6.07, 6.45) is 0.636. The minimum atomic E-state index is -0.385. The Hall–Kier alpha value is -2.75. The first-order valence-corrected chi connectivity index (χ1v) is 9.41. The Kier molecular flexibility index (Phi) is 5.84. The quantitative estimate of drug-likeness (QED) is 0.642. The molecule has 1 aromatic carbocycles. The van der Waals surface area contributed by atoms with Crippen LogP contribution in [0.25, 0.3) is 0 Å². The largest absolute Gasteiger partial charge is 0.454 e. The molecule has 0 saturated carbocycles. The molecule has 0 fully saturated rings. The number of aryl methyl sites for hydroxylation is 1. The van der Waals surface area contributed by atoms with Crippen molar-refractivity contribution in [2.24, 2.45) is 12.8 Å². The number of benzene rings is 1. The third-order valence-electron chi connectivity index (χ3n) is 4.13. The van der Waals surface area contributed by atoms with Gasteiger partial charge in [0.25, 0.3) is 0 Å². The molecule has 2 amide bonds. The van der Waals surface area contributed by atoms with E-state index in [4.69, 9.17) is 15.2 Å². The van der Waals surface area contributed by atoms with Gasteiger partial charge in [-0.3, -0.25) is 9.59 Å². The lowest BCUT2D eigenvalue weighted by Crippen LogP contribution is -2.28. The minimum absolute atomic E-state index is 0.119. The Bertz CT molecular complexity index is 854. The van der Waals surface area contributed by atoms with Crippen molar-refractivity contribution < 1.29 is 19.1 Å². The molecule has 0 unspecified atom stereocenters. The summed E-state index contributed by atoms with van der Waals surface area (Å²) < 4.78 is 12.4. The summed E-state index contributed by atoms with van der Waals surface area (Å²) in [5.74, 6) is 1.76. The molecule has 144 valence electrons. The molecule has 1 atom stereocenters. The van der Waals surface area contributed by atoms with Crippen LogP contribution >= 0.6 is 11.8 Å². The Morgan fingerprint density at radius 3 is 2.89 bits per heavy atom. The number of nitrogens with zero attached hydrogens (tertiary/aromatic N) is 3. The number of rotatable bonds is 8. The number of fused-ring (bicyclic) bond motifs is 1. The second-order valence-electron chi connectivity index (χ2n) is 6.11. The number of aromatic nitrogens is 3. The number of nitrogens with two attached hydrogens (primary N) is 1. The molecule has 0 bridgehead atoms. The van der Waals surface area contributed by atoms with E-state index in [9.17, 15) is 9.59 Å². The van der Waals surface area contributed by atoms with Crippen molar-refractivity contribution in [3.05, 3.63) is 29.6 Å². The number of hydrogen-bond donors (Lipinski definition) is 2. The molecule has 0 saturated heterocycles. The van der Waals surface area contributed by atoms with Crippen molar-refractivity contribution in [2.75, 3.05) is 12.5 Å². The lowest BCUT2D eigenvalue weighted by molar-refractivity contribution is -0.119. The SMILES string of the molecule is C[C@@H](NC(=O)CSc1nnc(CCC(N)=O)n1C)c1ccc2c(c1)OCO2. The molecule has 0 aliphatic carbocycles. The summed E-state index contributed by atoms with van der Waals surface area (Å²) in [6, 6.07) is 5.44. The van der Waals surface area contributed by atoms with Gasteiger partial charge in [-0.2, -0.15) is 0 Å². The molecule has 1 aliphatic heterocycles. The molecular formula is C17H21N5O4S. The fraction of sp³-hybridized carbons (Fsp3) is 0.412. The van der Waals surface area contributed by atoms with E-state index < -0.39 is 0 Å². The van der Waals surface area contributed by atoms with Gasteiger partial charge in [0, 0.05) is 19.9 Å². The number of thioether (sulfide) groups is 1. The first-order chi connectivity index (χ1) is 12.9. The van der Waals surface area contributed by atoms with E-state index in [0.717, 1.165) is 5.56 Å². The van der Waals surface area contributed by atoms with Gasteiger partial charge in [-0.1, -0.05) is 17.8 Å². The van der Waals surface area contributed by atoms with Crippen LogP contribution in [0, 0.1) is 0 Å². The maximum absolute atomic E-state index is 12.3. The van der Waals surface area contributed by atoms with E-state index in [-0.39, 0.29) is 36.8 Å². The number of carbonyl (C=O) groups excluding carboxylic acids is 2. The van der Waals surface area contributed by atoms with Crippen LogP contribution in [0.1, 0.15) is 30.8 Å². The molecule has 3 N–H and O–H groups in total. The Balaban J connectivity index is 1.51. The molecule has 1 aliphatic rings. The number of primary amides is 1. The zero-order valence-electron chi connectivity index (χ0n) is 15.1. The molecule has 0 radical (unpaired) electrons. The molecule has 2 aromatic rings. The molecule has 2 heterocycles. The summed E-state index contributed by atoms with van der Waals surface area (Å²) in [5.41, 5.74) is 6.09. The van der Waals surface area contributed by atoms with Gasteiger partial charge in [-0.05, 0) is 24.6 Å². The van der Waals surface area contributed by atoms with Crippen molar-refractivity contribution in [1.82, 2.24) is 20.1 Å². The van der Waals surface area contributed by atoms with E-state index in [2.05, 4.69) is 15.5 Å². The Morgan fingerprint density at radius 1 is 1.33 bits per heavy atom. The van der Waals surface area contributed by atoms with Crippen LogP contribution in [0.2, 0.25) is 0 Å². The third-order valence-corrected chi connectivity index (χ3v) is 5.15. The Morgan fingerprint density at radius 2 is 2.11 bits per heavy atom. The van der Waals surface area contributed by atoms with Crippen LogP contribution in [0.15, 0.2) is 23.4 Å². The summed E-state index contributed by atoms with van der Waals surface area (Å²) >= 11 is 1.28. The van der Waals surface area contributed by atoms with Crippen LogP contribution in [-0.4, -0.2) is 39.1 Å². The highest BCUT2D eigenvalue weighted by Crippen LogP contribution is 2.34. The molecule has 9 nitrogen and oxygen atoms in total. The van der Waals surface area contributed by atoms with Gasteiger partial charge in [-0.25, -0.2) is 0 Å². The highest BCUT2D eigenvalue weighted by molar-refractivity contribution is 7.99. The predicted octanol–water partition coefficient (Wildman–Crippen LogP) is 0.931. The molecule has 27 heavy (non-hydrogen) atoms. The second-order valence-corrected chi connectivity index (χ2v) is 7.06. The topological polar surface area (TPSA) is 121 Å². The van der Waals surface area contributed by atoms with Gasteiger partial charge in [0.15, 0.2) is 16.7 Å². The molecule has 10 heteroatoms. The van der Waals surface area contributed by atoms with Crippen LogP contribution < -0.4 is 20.5 Å². The van der Waals surface area contributed by atoms with Gasteiger partial charge in [0.1, 0.15) is 5.82 Å². The lowest BCUT2D eigenvalue weighted by atomic mass is 10.1. The molecule has 1 aromatic heterocycles. The smallest absolute Gasteiger partial charge is 0.231 e. The molecule has 3 rings (SSSR count). The fourth-order valence-electron chi connectivity index (χ4n) is 2.60. The second kappa shape index (κ2) is 8.30. The van der Waals surface area contributed by atoms with Gasteiger partial charge >= 0.3 is 0 Å². The standard InChI is InChI=1S/C17H21N5O4S/c1-10(11-3-4-12-13(7-11)26-9-25-12)19-16(24)8-27-17-21-20-15(22(17)2)6-5-14(18)23/h3-4,7,10H,5-6,8-9H2,1-2H3,(H2,18,23)(H,19,24)/t10-/m1/s1. The van der Waals surface area contributed by atoms with Crippen LogP contribution in [0.5, 0.6) is 11.5 Å². The van der Waals surface area contributed by atoms with E-state index in [1.165, 1.54) is 11.8 Å². The third kappa shape index (κ3) is 4.70. The highest BCUT2D eigenvalue weighted by atomic mass is 32.2.